The number of halogens is 1. The maximum Gasteiger partial charge on any atom is 0.0110 e. The fourth-order valence-electron chi connectivity index (χ4n) is 2.44. The highest BCUT2D eigenvalue weighted by Crippen LogP contribution is 2.30. The summed E-state index contributed by atoms with van der Waals surface area (Å²) in [5.41, 5.74) is 0.494. The lowest BCUT2D eigenvalue weighted by molar-refractivity contribution is 0.0920. The van der Waals surface area contributed by atoms with E-state index in [-0.39, 0.29) is 0 Å². The van der Waals surface area contributed by atoms with Gasteiger partial charge in [0.2, 0.25) is 0 Å². The van der Waals surface area contributed by atoms with E-state index in [4.69, 9.17) is 0 Å². The fraction of sp³-hybridized carbons (Fsp3) is 1.00. The molecule has 1 aliphatic heterocycles. The van der Waals surface area contributed by atoms with E-state index in [1.807, 2.05) is 0 Å². The molecule has 0 aliphatic carbocycles. The number of rotatable bonds is 6. The largest absolute Gasteiger partial charge is 0.301 e. The molecule has 1 heterocycles. The molecule has 0 aromatic heterocycles. The minimum absolute atomic E-state index is 0.494. The van der Waals surface area contributed by atoms with Crippen molar-refractivity contribution in [2.45, 2.75) is 33.6 Å². The van der Waals surface area contributed by atoms with Crippen LogP contribution >= 0.6 is 15.9 Å². The van der Waals surface area contributed by atoms with E-state index in [9.17, 15) is 0 Å². The summed E-state index contributed by atoms with van der Waals surface area (Å²) in [5, 5.41) is 1.14. The molecule has 1 saturated heterocycles. The van der Waals surface area contributed by atoms with Gasteiger partial charge in [0.15, 0.2) is 0 Å². The van der Waals surface area contributed by atoms with Crippen LogP contribution in [0.5, 0.6) is 0 Å². The van der Waals surface area contributed by atoms with Crippen molar-refractivity contribution >= 4 is 15.9 Å². The summed E-state index contributed by atoms with van der Waals surface area (Å²) in [6, 6.07) is 0. The van der Waals surface area contributed by atoms with Crippen LogP contribution in [-0.4, -0.2) is 54.4 Å². The van der Waals surface area contributed by atoms with Crippen molar-refractivity contribution < 1.29 is 0 Å². The van der Waals surface area contributed by atoms with Crippen molar-refractivity contribution in [3.8, 4) is 0 Å². The number of nitrogens with zero attached hydrogens (tertiary/aromatic N) is 2. The van der Waals surface area contributed by atoms with E-state index in [2.05, 4.69) is 46.5 Å². The zero-order valence-electron chi connectivity index (χ0n) is 11.1. The topological polar surface area (TPSA) is 6.48 Å². The Hall–Kier alpha value is 0.400. The molecule has 2 nitrogen and oxygen atoms in total. The first-order chi connectivity index (χ1) is 7.69. The standard InChI is InChI=1S/C13H27BrN2/c1-4-13(5-2,11-14)12-16-9-7-15(6-3)8-10-16/h4-12H2,1-3H3. The van der Waals surface area contributed by atoms with E-state index in [1.165, 1.54) is 52.1 Å². The van der Waals surface area contributed by atoms with Gasteiger partial charge in [0, 0.05) is 38.1 Å². The molecule has 0 N–H and O–H groups in total. The molecule has 16 heavy (non-hydrogen) atoms. The Morgan fingerprint density at radius 1 is 0.938 bits per heavy atom. The smallest absolute Gasteiger partial charge is 0.0110 e. The summed E-state index contributed by atoms with van der Waals surface area (Å²) < 4.78 is 0. The molecule has 0 unspecified atom stereocenters. The van der Waals surface area contributed by atoms with Gasteiger partial charge in [-0.1, -0.05) is 36.7 Å². The summed E-state index contributed by atoms with van der Waals surface area (Å²) in [7, 11) is 0. The molecule has 96 valence electrons. The second kappa shape index (κ2) is 6.97. The van der Waals surface area contributed by atoms with Crippen molar-refractivity contribution in [3.63, 3.8) is 0 Å². The van der Waals surface area contributed by atoms with Gasteiger partial charge in [-0.3, -0.25) is 0 Å². The average Bonchev–Trinajstić information content (AvgIpc) is 2.37. The Balaban J connectivity index is 2.42. The zero-order chi connectivity index (χ0) is 12.0. The van der Waals surface area contributed by atoms with Gasteiger partial charge in [-0.2, -0.15) is 0 Å². The first-order valence-corrected chi connectivity index (χ1v) is 7.82. The van der Waals surface area contributed by atoms with E-state index in [0.29, 0.717) is 5.41 Å². The lowest BCUT2D eigenvalue weighted by Gasteiger charge is -2.40. The highest BCUT2D eigenvalue weighted by molar-refractivity contribution is 9.09. The van der Waals surface area contributed by atoms with E-state index >= 15 is 0 Å². The van der Waals surface area contributed by atoms with Crippen molar-refractivity contribution in [1.29, 1.82) is 0 Å². The van der Waals surface area contributed by atoms with Crippen molar-refractivity contribution in [3.05, 3.63) is 0 Å². The van der Waals surface area contributed by atoms with Crippen molar-refractivity contribution in [1.82, 2.24) is 9.80 Å². The first kappa shape index (κ1) is 14.5. The first-order valence-electron chi connectivity index (χ1n) is 6.70. The van der Waals surface area contributed by atoms with Crippen LogP contribution < -0.4 is 0 Å². The summed E-state index contributed by atoms with van der Waals surface area (Å²) in [6.07, 6.45) is 2.56. The van der Waals surface area contributed by atoms with Gasteiger partial charge in [-0.15, -0.1) is 0 Å². The summed E-state index contributed by atoms with van der Waals surface area (Å²) >= 11 is 3.71. The molecule has 0 spiro atoms. The lowest BCUT2D eigenvalue weighted by atomic mass is 9.84. The SMILES string of the molecule is CCN1CCN(CC(CC)(CC)CBr)CC1. The third-order valence-corrected chi connectivity index (χ3v) is 5.44. The highest BCUT2D eigenvalue weighted by Gasteiger charge is 2.28. The normalized spacial score (nSPS) is 20.2. The van der Waals surface area contributed by atoms with Crippen molar-refractivity contribution in [2.75, 3.05) is 44.6 Å². The predicted molar refractivity (Wildman–Crippen MR) is 75.4 cm³/mol. The minimum atomic E-state index is 0.494. The van der Waals surface area contributed by atoms with E-state index in [1.54, 1.807) is 0 Å². The van der Waals surface area contributed by atoms with Crippen LogP contribution in [-0.2, 0) is 0 Å². The molecule has 0 atom stereocenters. The van der Waals surface area contributed by atoms with Crippen LogP contribution in [0, 0.1) is 5.41 Å². The van der Waals surface area contributed by atoms with Gasteiger partial charge < -0.3 is 9.80 Å². The number of alkyl halides is 1. The third-order valence-electron chi connectivity index (χ3n) is 4.25. The Labute approximate surface area is 109 Å². The maximum atomic E-state index is 3.71. The molecule has 1 rings (SSSR count). The van der Waals surface area contributed by atoms with E-state index in [0.717, 1.165) is 5.33 Å². The minimum Gasteiger partial charge on any atom is -0.301 e. The number of piperazine rings is 1. The molecular formula is C13H27BrN2. The van der Waals surface area contributed by atoms with Crippen LogP contribution in [0.4, 0.5) is 0 Å². The van der Waals surface area contributed by atoms with Gasteiger partial charge in [-0.05, 0) is 24.8 Å². The molecular weight excluding hydrogens is 264 g/mol. The lowest BCUT2D eigenvalue weighted by Crippen LogP contribution is -2.49. The number of hydrogen-bond acceptors (Lipinski definition) is 2. The van der Waals surface area contributed by atoms with Crippen LogP contribution in [0.15, 0.2) is 0 Å². The van der Waals surface area contributed by atoms with Crippen LogP contribution in [0.25, 0.3) is 0 Å². The van der Waals surface area contributed by atoms with E-state index < -0.39 is 0 Å². The fourth-order valence-corrected chi connectivity index (χ4v) is 3.41. The highest BCUT2D eigenvalue weighted by atomic mass is 79.9. The summed E-state index contributed by atoms with van der Waals surface area (Å²) in [4.78, 5) is 5.20. The Kier molecular flexibility index (Phi) is 6.30. The van der Waals surface area contributed by atoms with Crippen LogP contribution in [0.3, 0.4) is 0 Å². The van der Waals surface area contributed by atoms with Crippen molar-refractivity contribution in [2.24, 2.45) is 5.41 Å². The van der Waals surface area contributed by atoms with Gasteiger partial charge in [0.05, 0.1) is 0 Å². The molecule has 0 amide bonds. The number of hydrogen-bond donors (Lipinski definition) is 0. The quantitative estimate of drug-likeness (QED) is 0.694. The molecule has 1 aliphatic rings. The molecule has 0 aromatic carbocycles. The summed E-state index contributed by atoms with van der Waals surface area (Å²) in [6.45, 7) is 14.4. The molecule has 1 fully saturated rings. The molecule has 0 saturated carbocycles. The third kappa shape index (κ3) is 3.71. The number of likely N-dealkylation sites (N-methyl/N-ethyl adjacent to an activating group) is 1. The Morgan fingerprint density at radius 3 is 1.81 bits per heavy atom. The molecule has 3 heteroatoms. The summed E-state index contributed by atoms with van der Waals surface area (Å²) in [5.74, 6) is 0. The Morgan fingerprint density at radius 2 is 1.44 bits per heavy atom. The van der Waals surface area contributed by atoms with Gasteiger partial charge in [0.25, 0.3) is 0 Å². The second-order valence-corrected chi connectivity index (χ2v) is 5.61. The van der Waals surface area contributed by atoms with Gasteiger partial charge >= 0.3 is 0 Å². The Bertz CT molecular complexity index is 176. The van der Waals surface area contributed by atoms with Crippen LogP contribution in [0.1, 0.15) is 33.6 Å². The second-order valence-electron chi connectivity index (χ2n) is 5.05. The molecule has 0 aromatic rings. The zero-order valence-corrected chi connectivity index (χ0v) is 12.7. The monoisotopic (exact) mass is 290 g/mol. The predicted octanol–water partition coefficient (Wildman–Crippen LogP) is 2.83. The maximum absolute atomic E-state index is 3.71. The molecule has 0 bridgehead atoms. The van der Waals surface area contributed by atoms with Gasteiger partial charge in [-0.25, -0.2) is 0 Å². The van der Waals surface area contributed by atoms with Crippen LogP contribution in [0.2, 0.25) is 0 Å². The average molecular weight is 291 g/mol. The van der Waals surface area contributed by atoms with Gasteiger partial charge in [0.1, 0.15) is 0 Å². The molecule has 0 radical (unpaired) electrons.